The van der Waals surface area contributed by atoms with Crippen molar-refractivity contribution in [3.63, 3.8) is 0 Å². The summed E-state index contributed by atoms with van der Waals surface area (Å²) in [5.74, 6) is -0.113. The third-order valence-electron chi connectivity index (χ3n) is 2.00. The first-order valence-electron chi connectivity index (χ1n) is 4.01. The second-order valence-electron chi connectivity index (χ2n) is 3.05. The van der Waals surface area contributed by atoms with Crippen LogP contribution in [-0.2, 0) is 0 Å². The standard InChI is InChI=1S/C10H7ClO3/c1-5-2-9-6(3-7(5)11)8(12)4-10(13)14-9/h2-4,12H,1H3. The molecule has 0 amide bonds. The summed E-state index contributed by atoms with van der Waals surface area (Å²) in [6.07, 6.45) is 0. The fraction of sp³-hybridized carbons (Fsp3) is 0.100. The molecule has 0 fully saturated rings. The smallest absolute Gasteiger partial charge is 0.339 e. The van der Waals surface area contributed by atoms with Crippen LogP contribution in [0.1, 0.15) is 5.56 Å². The molecule has 1 aromatic heterocycles. The van der Waals surface area contributed by atoms with Crippen molar-refractivity contribution in [2.45, 2.75) is 6.92 Å². The van der Waals surface area contributed by atoms with Gasteiger partial charge in [-0.05, 0) is 24.6 Å². The first kappa shape index (κ1) is 9.09. The highest BCUT2D eigenvalue weighted by Gasteiger charge is 2.06. The van der Waals surface area contributed by atoms with E-state index in [9.17, 15) is 9.90 Å². The number of hydrogen-bond donors (Lipinski definition) is 1. The van der Waals surface area contributed by atoms with Gasteiger partial charge in [-0.1, -0.05) is 11.6 Å². The van der Waals surface area contributed by atoms with E-state index >= 15 is 0 Å². The van der Waals surface area contributed by atoms with Crippen molar-refractivity contribution in [2.24, 2.45) is 0 Å². The van der Waals surface area contributed by atoms with E-state index in [-0.39, 0.29) is 5.75 Å². The van der Waals surface area contributed by atoms with Gasteiger partial charge in [0.15, 0.2) is 0 Å². The molecule has 0 saturated heterocycles. The predicted octanol–water partition coefficient (Wildman–Crippen LogP) is 2.46. The largest absolute Gasteiger partial charge is 0.507 e. The van der Waals surface area contributed by atoms with Crippen molar-refractivity contribution < 1.29 is 9.52 Å². The van der Waals surface area contributed by atoms with E-state index in [1.807, 2.05) is 0 Å². The molecule has 3 nitrogen and oxygen atoms in total. The van der Waals surface area contributed by atoms with Gasteiger partial charge in [0, 0.05) is 5.02 Å². The third-order valence-corrected chi connectivity index (χ3v) is 2.41. The summed E-state index contributed by atoms with van der Waals surface area (Å²) in [6.45, 7) is 1.80. The fourth-order valence-electron chi connectivity index (χ4n) is 1.27. The molecule has 0 aliphatic carbocycles. The summed E-state index contributed by atoms with van der Waals surface area (Å²) >= 11 is 5.87. The number of fused-ring (bicyclic) bond motifs is 1. The summed E-state index contributed by atoms with van der Waals surface area (Å²) < 4.78 is 4.90. The van der Waals surface area contributed by atoms with E-state index in [0.717, 1.165) is 11.6 Å². The quantitative estimate of drug-likeness (QED) is 0.680. The highest BCUT2D eigenvalue weighted by atomic mass is 35.5. The minimum Gasteiger partial charge on any atom is -0.507 e. The van der Waals surface area contributed by atoms with Crippen LogP contribution >= 0.6 is 11.6 Å². The molecule has 0 spiro atoms. The monoisotopic (exact) mass is 210 g/mol. The first-order valence-corrected chi connectivity index (χ1v) is 4.38. The maximum absolute atomic E-state index is 10.9. The molecular weight excluding hydrogens is 204 g/mol. The van der Waals surface area contributed by atoms with Crippen molar-refractivity contribution in [3.8, 4) is 5.75 Å². The van der Waals surface area contributed by atoms with Crippen molar-refractivity contribution in [2.75, 3.05) is 0 Å². The van der Waals surface area contributed by atoms with Crippen LogP contribution in [0.3, 0.4) is 0 Å². The van der Waals surface area contributed by atoms with Crippen LogP contribution in [-0.4, -0.2) is 5.11 Å². The Morgan fingerprint density at radius 2 is 2.07 bits per heavy atom. The number of rotatable bonds is 0. The summed E-state index contributed by atoms with van der Waals surface area (Å²) in [5.41, 5.74) is 0.571. The van der Waals surface area contributed by atoms with E-state index in [4.69, 9.17) is 16.0 Å². The summed E-state index contributed by atoms with van der Waals surface area (Å²) in [5, 5.41) is 10.4. The van der Waals surface area contributed by atoms with Gasteiger partial charge in [-0.25, -0.2) is 4.79 Å². The molecule has 0 saturated carbocycles. The van der Waals surface area contributed by atoms with E-state index in [1.54, 1.807) is 19.1 Å². The molecule has 0 aliphatic heterocycles. The summed E-state index contributed by atoms with van der Waals surface area (Å²) in [7, 11) is 0. The SMILES string of the molecule is Cc1cc2oc(=O)cc(O)c2cc1Cl. The lowest BCUT2D eigenvalue weighted by atomic mass is 10.1. The molecule has 0 atom stereocenters. The molecule has 0 radical (unpaired) electrons. The molecule has 1 N–H and O–H groups in total. The van der Waals surface area contributed by atoms with Gasteiger partial charge in [0.05, 0.1) is 11.5 Å². The summed E-state index contributed by atoms with van der Waals surface area (Å²) in [4.78, 5) is 10.9. The van der Waals surface area contributed by atoms with Gasteiger partial charge in [-0.2, -0.15) is 0 Å². The Hall–Kier alpha value is -1.48. The van der Waals surface area contributed by atoms with Crippen LogP contribution in [0.5, 0.6) is 5.75 Å². The highest BCUT2D eigenvalue weighted by molar-refractivity contribution is 6.32. The Bertz CT molecular complexity index is 557. The molecule has 4 heteroatoms. The second-order valence-corrected chi connectivity index (χ2v) is 3.46. The van der Waals surface area contributed by atoms with Crippen LogP contribution < -0.4 is 5.63 Å². The lowest BCUT2D eigenvalue weighted by Crippen LogP contribution is -1.95. The highest BCUT2D eigenvalue weighted by Crippen LogP contribution is 2.27. The summed E-state index contributed by atoms with van der Waals surface area (Å²) in [6, 6.07) is 4.22. The predicted molar refractivity (Wildman–Crippen MR) is 53.9 cm³/mol. The van der Waals surface area contributed by atoms with Gasteiger partial charge < -0.3 is 9.52 Å². The lowest BCUT2D eigenvalue weighted by molar-refractivity contribution is 0.468. The minimum absolute atomic E-state index is 0.113. The van der Waals surface area contributed by atoms with Gasteiger partial charge in [0.25, 0.3) is 0 Å². The fourth-order valence-corrected chi connectivity index (χ4v) is 1.43. The third kappa shape index (κ3) is 1.36. The molecule has 0 bridgehead atoms. The second kappa shape index (κ2) is 3.03. The number of aromatic hydroxyl groups is 1. The van der Waals surface area contributed by atoms with Crippen LogP contribution in [0, 0.1) is 6.92 Å². The van der Waals surface area contributed by atoms with Gasteiger partial charge in [0.1, 0.15) is 11.3 Å². The Morgan fingerprint density at radius 3 is 2.79 bits per heavy atom. The number of benzene rings is 1. The zero-order valence-electron chi connectivity index (χ0n) is 7.37. The molecule has 0 unspecified atom stereocenters. The van der Waals surface area contributed by atoms with E-state index in [2.05, 4.69) is 0 Å². The lowest BCUT2D eigenvalue weighted by Gasteiger charge is -2.02. The van der Waals surface area contributed by atoms with Crippen molar-refractivity contribution >= 4 is 22.6 Å². The molecule has 72 valence electrons. The average Bonchev–Trinajstić information content (AvgIpc) is 2.08. The van der Waals surface area contributed by atoms with Crippen molar-refractivity contribution in [1.82, 2.24) is 0 Å². The number of aryl methyl sites for hydroxylation is 1. The van der Waals surface area contributed by atoms with Crippen molar-refractivity contribution in [3.05, 3.63) is 39.2 Å². The molecule has 1 heterocycles. The Labute approximate surface area is 84.5 Å². The van der Waals surface area contributed by atoms with Crippen molar-refractivity contribution in [1.29, 1.82) is 0 Å². The maximum Gasteiger partial charge on any atom is 0.339 e. The minimum atomic E-state index is -0.572. The van der Waals surface area contributed by atoms with Gasteiger partial charge in [-0.15, -0.1) is 0 Å². The van der Waals surface area contributed by atoms with Crippen LogP contribution in [0.25, 0.3) is 11.0 Å². The molecule has 1 aromatic carbocycles. The van der Waals surface area contributed by atoms with E-state index in [0.29, 0.717) is 16.0 Å². The topological polar surface area (TPSA) is 50.4 Å². The first-order chi connectivity index (χ1) is 6.58. The Kier molecular flexibility index (Phi) is 1.97. The Balaban J connectivity index is 2.96. The number of hydrogen-bond acceptors (Lipinski definition) is 3. The van der Waals surface area contributed by atoms with Crippen LogP contribution in [0.15, 0.2) is 27.4 Å². The van der Waals surface area contributed by atoms with Crippen LogP contribution in [0.2, 0.25) is 5.02 Å². The Morgan fingerprint density at radius 1 is 1.36 bits per heavy atom. The zero-order chi connectivity index (χ0) is 10.3. The van der Waals surface area contributed by atoms with E-state index in [1.165, 1.54) is 0 Å². The zero-order valence-corrected chi connectivity index (χ0v) is 8.13. The van der Waals surface area contributed by atoms with Gasteiger partial charge >= 0.3 is 5.63 Å². The van der Waals surface area contributed by atoms with E-state index < -0.39 is 5.63 Å². The van der Waals surface area contributed by atoms with Crippen LogP contribution in [0.4, 0.5) is 0 Å². The molecule has 0 aliphatic rings. The molecular formula is C10H7ClO3. The molecule has 2 rings (SSSR count). The number of halogens is 1. The average molecular weight is 211 g/mol. The molecule has 2 aromatic rings. The van der Waals surface area contributed by atoms with Gasteiger partial charge in [0.2, 0.25) is 0 Å². The maximum atomic E-state index is 10.9. The normalized spacial score (nSPS) is 10.7. The molecule has 14 heavy (non-hydrogen) atoms. The van der Waals surface area contributed by atoms with Gasteiger partial charge in [-0.3, -0.25) is 0 Å².